The molecule has 1 rings (SSSR count). The summed E-state index contributed by atoms with van der Waals surface area (Å²) >= 11 is 0. The van der Waals surface area contributed by atoms with Crippen molar-refractivity contribution in [2.75, 3.05) is 7.11 Å². The van der Waals surface area contributed by atoms with E-state index < -0.39 is 0 Å². The lowest BCUT2D eigenvalue weighted by atomic mass is 9.98. The second kappa shape index (κ2) is 7.17. The molecule has 2 atom stereocenters. The first kappa shape index (κ1) is 14.7. The fourth-order valence-electron chi connectivity index (χ4n) is 2.00. The van der Waals surface area contributed by atoms with Gasteiger partial charge >= 0.3 is 5.97 Å². The topological polar surface area (TPSA) is 38.3 Å². The van der Waals surface area contributed by atoms with Gasteiger partial charge in [-0.05, 0) is 25.8 Å². The van der Waals surface area contributed by atoms with Crippen LogP contribution >= 0.6 is 0 Å². The van der Waals surface area contributed by atoms with Crippen LogP contribution in [0, 0.1) is 12.8 Å². The van der Waals surface area contributed by atoms with Crippen molar-refractivity contribution < 1.29 is 9.53 Å². The highest BCUT2D eigenvalue weighted by molar-refractivity contribution is 5.72. The molecule has 2 unspecified atom stereocenters. The molecule has 100 valence electrons. The Hall–Kier alpha value is -1.35. The van der Waals surface area contributed by atoms with Crippen molar-refractivity contribution in [2.45, 2.75) is 39.8 Å². The molecule has 0 heterocycles. The van der Waals surface area contributed by atoms with Crippen molar-refractivity contribution in [3.63, 3.8) is 0 Å². The summed E-state index contributed by atoms with van der Waals surface area (Å²) in [6.45, 7) is 6.88. The van der Waals surface area contributed by atoms with Crippen molar-refractivity contribution in [3.05, 3.63) is 35.4 Å². The van der Waals surface area contributed by atoms with Crippen LogP contribution in [0.1, 0.15) is 31.4 Å². The SMILES string of the molecule is CCC(C(=O)OC)C(C)NCc1ccc(C)cc1. The highest BCUT2D eigenvalue weighted by Crippen LogP contribution is 2.11. The van der Waals surface area contributed by atoms with E-state index in [2.05, 4.69) is 36.5 Å². The average molecular weight is 249 g/mol. The molecule has 0 aromatic heterocycles. The maximum absolute atomic E-state index is 11.6. The molecule has 18 heavy (non-hydrogen) atoms. The van der Waals surface area contributed by atoms with Gasteiger partial charge in [-0.3, -0.25) is 4.79 Å². The number of rotatable bonds is 6. The van der Waals surface area contributed by atoms with E-state index in [-0.39, 0.29) is 17.9 Å². The summed E-state index contributed by atoms with van der Waals surface area (Å²) < 4.78 is 4.81. The van der Waals surface area contributed by atoms with Gasteiger partial charge in [-0.1, -0.05) is 36.8 Å². The summed E-state index contributed by atoms with van der Waals surface area (Å²) in [5, 5.41) is 3.38. The summed E-state index contributed by atoms with van der Waals surface area (Å²) in [5.74, 6) is -0.221. The van der Waals surface area contributed by atoms with Gasteiger partial charge in [0.1, 0.15) is 0 Å². The lowest BCUT2D eigenvalue weighted by molar-refractivity contribution is -0.146. The molecule has 1 aromatic carbocycles. The van der Waals surface area contributed by atoms with Crippen molar-refractivity contribution in [1.82, 2.24) is 5.32 Å². The minimum Gasteiger partial charge on any atom is -0.469 e. The Labute approximate surface area is 110 Å². The predicted octanol–water partition coefficient (Wildman–Crippen LogP) is 2.67. The van der Waals surface area contributed by atoms with Gasteiger partial charge in [0.2, 0.25) is 0 Å². The summed E-state index contributed by atoms with van der Waals surface area (Å²) in [5.41, 5.74) is 2.49. The second-order valence-electron chi connectivity index (χ2n) is 4.69. The monoisotopic (exact) mass is 249 g/mol. The largest absolute Gasteiger partial charge is 0.469 e. The molecule has 0 spiro atoms. The Kier molecular flexibility index (Phi) is 5.86. The Morgan fingerprint density at radius 3 is 2.44 bits per heavy atom. The van der Waals surface area contributed by atoms with Crippen molar-refractivity contribution in [1.29, 1.82) is 0 Å². The third-order valence-electron chi connectivity index (χ3n) is 3.30. The zero-order valence-corrected chi connectivity index (χ0v) is 11.7. The first-order valence-electron chi connectivity index (χ1n) is 6.45. The fraction of sp³-hybridized carbons (Fsp3) is 0.533. The first-order chi connectivity index (χ1) is 8.58. The molecular formula is C15H23NO2. The van der Waals surface area contributed by atoms with E-state index in [1.165, 1.54) is 18.2 Å². The quantitative estimate of drug-likeness (QED) is 0.788. The molecule has 0 aliphatic carbocycles. The van der Waals surface area contributed by atoms with Gasteiger partial charge in [0.05, 0.1) is 13.0 Å². The number of benzene rings is 1. The highest BCUT2D eigenvalue weighted by atomic mass is 16.5. The molecule has 0 bridgehead atoms. The van der Waals surface area contributed by atoms with Crippen LogP contribution in [0.15, 0.2) is 24.3 Å². The number of carbonyl (C=O) groups excluding carboxylic acids is 1. The number of aryl methyl sites for hydroxylation is 1. The van der Waals surface area contributed by atoms with Crippen molar-refractivity contribution in [2.24, 2.45) is 5.92 Å². The van der Waals surface area contributed by atoms with E-state index in [4.69, 9.17) is 4.74 Å². The Bertz CT molecular complexity index is 373. The predicted molar refractivity (Wildman–Crippen MR) is 73.3 cm³/mol. The third-order valence-corrected chi connectivity index (χ3v) is 3.30. The van der Waals surface area contributed by atoms with Gasteiger partial charge in [-0.15, -0.1) is 0 Å². The number of carbonyl (C=O) groups is 1. The summed E-state index contributed by atoms with van der Waals surface area (Å²) in [6.07, 6.45) is 0.786. The van der Waals surface area contributed by atoms with Crippen LogP contribution in [-0.4, -0.2) is 19.1 Å². The van der Waals surface area contributed by atoms with Crippen LogP contribution in [0.5, 0.6) is 0 Å². The molecule has 1 aromatic rings. The Morgan fingerprint density at radius 1 is 1.33 bits per heavy atom. The third kappa shape index (κ3) is 4.15. The van der Waals surface area contributed by atoms with Crippen LogP contribution < -0.4 is 5.32 Å². The normalized spacial score (nSPS) is 14.0. The number of ether oxygens (including phenoxy) is 1. The Balaban J connectivity index is 2.51. The molecule has 0 amide bonds. The standard InChI is InChI=1S/C15H23NO2/c1-5-14(15(17)18-4)12(3)16-10-13-8-6-11(2)7-9-13/h6-9,12,14,16H,5,10H2,1-4H3. The molecule has 0 saturated heterocycles. The number of nitrogens with one attached hydrogen (secondary N) is 1. The van der Waals surface area contributed by atoms with Gasteiger partial charge in [0, 0.05) is 12.6 Å². The molecule has 0 radical (unpaired) electrons. The molecule has 0 aliphatic heterocycles. The van der Waals surface area contributed by atoms with Gasteiger partial charge < -0.3 is 10.1 Å². The second-order valence-corrected chi connectivity index (χ2v) is 4.69. The summed E-state index contributed by atoms with van der Waals surface area (Å²) in [7, 11) is 1.44. The number of hydrogen-bond acceptors (Lipinski definition) is 3. The van der Waals surface area contributed by atoms with E-state index >= 15 is 0 Å². The zero-order valence-electron chi connectivity index (χ0n) is 11.7. The van der Waals surface area contributed by atoms with E-state index in [0.717, 1.165) is 13.0 Å². The molecule has 0 aliphatic rings. The summed E-state index contributed by atoms with van der Waals surface area (Å²) in [4.78, 5) is 11.6. The molecule has 3 heteroatoms. The van der Waals surface area contributed by atoms with Gasteiger partial charge in [-0.2, -0.15) is 0 Å². The van der Waals surface area contributed by atoms with E-state index in [9.17, 15) is 4.79 Å². The highest BCUT2D eigenvalue weighted by Gasteiger charge is 2.23. The fourth-order valence-corrected chi connectivity index (χ4v) is 2.00. The molecule has 0 fully saturated rings. The van der Waals surface area contributed by atoms with E-state index in [1.54, 1.807) is 0 Å². The van der Waals surface area contributed by atoms with Crippen LogP contribution in [0.2, 0.25) is 0 Å². The molecular weight excluding hydrogens is 226 g/mol. The number of hydrogen-bond donors (Lipinski definition) is 1. The zero-order chi connectivity index (χ0) is 13.5. The minimum absolute atomic E-state index is 0.0829. The maximum atomic E-state index is 11.6. The van der Waals surface area contributed by atoms with Crippen molar-refractivity contribution in [3.8, 4) is 0 Å². The Morgan fingerprint density at radius 2 is 1.94 bits per heavy atom. The van der Waals surface area contributed by atoms with Gasteiger partial charge in [0.15, 0.2) is 0 Å². The molecule has 1 N–H and O–H groups in total. The van der Waals surface area contributed by atoms with E-state index in [0.29, 0.717) is 0 Å². The van der Waals surface area contributed by atoms with Crippen LogP contribution in [0.4, 0.5) is 0 Å². The average Bonchev–Trinajstić information content (AvgIpc) is 2.38. The molecule has 3 nitrogen and oxygen atoms in total. The first-order valence-corrected chi connectivity index (χ1v) is 6.45. The van der Waals surface area contributed by atoms with Gasteiger partial charge in [-0.25, -0.2) is 0 Å². The minimum atomic E-state index is -0.138. The molecule has 0 saturated carbocycles. The van der Waals surface area contributed by atoms with Crippen LogP contribution in [0.25, 0.3) is 0 Å². The lowest BCUT2D eigenvalue weighted by Crippen LogP contribution is -2.37. The van der Waals surface area contributed by atoms with Crippen LogP contribution in [-0.2, 0) is 16.1 Å². The maximum Gasteiger partial charge on any atom is 0.310 e. The lowest BCUT2D eigenvalue weighted by Gasteiger charge is -2.21. The smallest absolute Gasteiger partial charge is 0.310 e. The van der Waals surface area contributed by atoms with Crippen molar-refractivity contribution >= 4 is 5.97 Å². The number of esters is 1. The summed E-state index contributed by atoms with van der Waals surface area (Å²) in [6, 6.07) is 8.52. The van der Waals surface area contributed by atoms with Crippen LogP contribution in [0.3, 0.4) is 0 Å². The number of methoxy groups -OCH3 is 1. The van der Waals surface area contributed by atoms with Gasteiger partial charge in [0.25, 0.3) is 0 Å². The van der Waals surface area contributed by atoms with E-state index in [1.807, 2.05) is 13.8 Å².